The summed E-state index contributed by atoms with van der Waals surface area (Å²) in [5.41, 5.74) is 0.0890. The molecule has 0 amide bonds. The molecule has 1 saturated carbocycles. The summed E-state index contributed by atoms with van der Waals surface area (Å²) in [6, 6.07) is 4.09. The van der Waals surface area contributed by atoms with Crippen LogP contribution in [0.25, 0.3) is 0 Å². The van der Waals surface area contributed by atoms with Crippen molar-refractivity contribution in [1.29, 1.82) is 0 Å². The fourth-order valence-electron chi connectivity index (χ4n) is 3.52. The standard InChI is InChI=1S/C19H24ClNO5S/c20-15-10-9-14(19(23)26-17-8-4-3-7-16(17)22)13-18(15)27(24,25)21-11-5-1-2-6-12-21/h9-10,13,17H,1-8,11-12H2/t17-/m0/s1. The van der Waals surface area contributed by atoms with Crippen LogP contribution in [0.1, 0.15) is 61.7 Å². The summed E-state index contributed by atoms with van der Waals surface area (Å²) in [5, 5.41) is 0.0736. The zero-order valence-corrected chi connectivity index (χ0v) is 16.7. The number of hydrogen-bond acceptors (Lipinski definition) is 5. The van der Waals surface area contributed by atoms with Crippen LogP contribution in [-0.4, -0.2) is 43.7 Å². The van der Waals surface area contributed by atoms with Crippen LogP contribution in [0.15, 0.2) is 23.1 Å². The third-order valence-corrected chi connectivity index (χ3v) is 7.48. The van der Waals surface area contributed by atoms with Gasteiger partial charge in [-0.2, -0.15) is 4.31 Å². The fraction of sp³-hybridized carbons (Fsp3) is 0.579. The summed E-state index contributed by atoms with van der Waals surface area (Å²) in [6.07, 6.45) is 5.44. The largest absolute Gasteiger partial charge is 0.451 e. The number of halogens is 1. The number of rotatable bonds is 4. The number of sulfonamides is 1. The molecular formula is C19H24ClNO5S. The summed E-state index contributed by atoms with van der Waals surface area (Å²) in [4.78, 5) is 24.2. The van der Waals surface area contributed by atoms with E-state index in [2.05, 4.69) is 0 Å². The van der Waals surface area contributed by atoms with Gasteiger partial charge < -0.3 is 4.74 Å². The Morgan fingerprint density at radius 1 is 1.07 bits per heavy atom. The van der Waals surface area contributed by atoms with Crippen molar-refractivity contribution in [2.75, 3.05) is 13.1 Å². The van der Waals surface area contributed by atoms with Crippen LogP contribution in [0.5, 0.6) is 0 Å². The molecule has 27 heavy (non-hydrogen) atoms. The summed E-state index contributed by atoms with van der Waals surface area (Å²) >= 11 is 6.15. The fourth-order valence-corrected chi connectivity index (χ4v) is 5.54. The van der Waals surface area contributed by atoms with Crippen molar-refractivity contribution >= 4 is 33.4 Å². The van der Waals surface area contributed by atoms with Gasteiger partial charge in [0.15, 0.2) is 11.9 Å². The van der Waals surface area contributed by atoms with E-state index in [9.17, 15) is 18.0 Å². The lowest BCUT2D eigenvalue weighted by Crippen LogP contribution is -2.32. The molecule has 0 bridgehead atoms. The Labute approximate surface area is 164 Å². The van der Waals surface area contributed by atoms with Crippen LogP contribution in [0.4, 0.5) is 0 Å². The Morgan fingerprint density at radius 2 is 1.78 bits per heavy atom. The van der Waals surface area contributed by atoms with E-state index in [1.807, 2.05) is 0 Å². The molecule has 1 aliphatic heterocycles. The first-order chi connectivity index (χ1) is 12.9. The molecule has 1 aromatic rings. The predicted octanol–water partition coefficient (Wildman–Crippen LogP) is 3.57. The van der Waals surface area contributed by atoms with Gasteiger partial charge in [0.05, 0.1) is 10.6 Å². The van der Waals surface area contributed by atoms with Crippen LogP contribution in [0.3, 0.4) is 0 Å². The lowest BCUT2D eigenvalue weighted by molar-refractivity contribution is -0.129. The number of carbonyl (C=O) groups excluding carboxylic acids is 2. The molecule has 0 N–H and O–H groups in total. The molecule has 1 heterocycles. The van der Waals surface area contributed by atoms with Crippen molar-refractivity contribution in [3.63, 3.8) is 0 Å². The number of Topliss-reactive ketones (excluding diaryl/α,β-unsaturated/α-hetero) is 1. The molecule has 1 saturated heterocycles. The number of ketones is 1. The molecule has 3 rings (SSSR count). The van der Waals surface area contributed by atoms with E-state index < -0.39 is 22.1 Å². The van der Waals surface area contributed by atoms with Gasteiger partial charge in [0.25, 0.3) is 0 Å². The number of ether oxygens (including phenoxy) is 1. The third kappa shape index (κ3) is 4.70. The minimum atomic E-state index is -3.79. The number of nitrogens with zero attached hydrogens (tertiary/aromatic N) is 1. The Balaban J connectivity index is 1.83. The van der Waals surface area contributed by atoms with Crippen LogP contribution in [0, 0.1) is 0 Å². The molecule has 2 fully saturated rings. The topological polar surface area (TPSA) is 80.8 Å². The van der Waals surface area contributed by atoms with Crippen LogP contribution >= 0.6 is 11.6 Å². The average molecular weight is 414 g/mol. The summed E-state index contributed by atoms with van der Waals surface area (Å²) < 4.78 is 32.8. The van der Waals surface area contributed by atoms with Gasteiger partial charge in [-0.3, -0.25) is 4.79 Å². The monoisotopic (exact) mass is 413 g/mol. The maximum atomic E-state index is 13.0. The van der Waals surface area contributed by atoms with E-state index in [0.29, 0.717) is 25.9 Å². The molecule has 0 unspecified atom stereocenters. The Morgan fingerprint density at radius 3 is 2.44 bits per heavy atom. The first-order valence-electron chi connectivity index (χ1n) is 9.43. The van der Waals surface area contributed by atoms with Crippen molar-refractivity contribution in [2.24, 2.45) is 0 Å². The maximum absolute atomic E-state index is 13.0. The first kappa shape index (κ1) is 20.3. The maximum Gasteiger partial charge on any atom is 0.338 e. The van der Waals surface area contributed by atoms with E-state index in [4.69, 9.17) is 16.3 Å². The Kier molecular flexibility index (Phi) is 6.55. The molecule has 0 radical (unpaired) electrons. The summed E-state index contributed by atoms with van der Waals surface area (Å²) in [6.45, 7) is 0.897. The molecule has 2 aliphatic rings. The highest BCUT2D eigenvalue weighted by molar-refractivity contribution is 7.89. The van der Waals surface area contributed by atoms with Crippen LogP contribution in [-0.2, 0) is 19.6 Å². The van der Waals surface area contributed by atoms with Gasteiger partial charge in [0.1, 0.15) is 4.90 Å². The van der Waals surface area contributed by atoms with E-state index in [0.717, 1.165) is 38.5 Å². The summed E-state index contributed by atoms with van der Waals surface area (Å²) in [5.74, 6) is -0.778. The van der Waals surface area contributed by atoms with Gasteiger partial charge in [0.2, 0.25) is 10.0 Å². The molecule has 0 spiro atoms. The smallest absolute Gasteiger partial charge is 0.338 e. The third-order valence-electron chi connectivity index (χ3n) is 5.10. The normalized spacial score (nSPS) is 22.3. The molecule has 1 atom stereocenters. The van der Waals surface area contributed by atoms with Gasteiger partial charge in [-0.1, -0.05) is 24.4 Å². The number of carbonyl (C=O) groups is 2. The van der Waals surface area contributed by atoms with Crippen LogP contribution in [0.2, 0.25) is 5.02 Å². The predicted molar refractivity (Wildman–Crippen MR) is 101 cm³/mol. The minimum absolute atomic E-state index is 0.0736. The van der Waals surface area contributed by atoms with E-state index in [1.165, 1.54) is 22.5 Å². The van der Waals surface area contributed by atoms with Crippen molar-refractivity contribution < 1.29 is 22.7 Å². The molecule has 0 aromatic heterocycles. The second-order valence-electron chi connectivity index (χ2n) is 7.07. The summed E-state index contributed by atoms with van der Waals surface area (Å²) in [7, 11) is -3.79. The lowest BCUT2D eigenvalue weighted by Gasteiger charge is -2.22. The molecule has 1 aromatic carbocycles. The van der Waals surface area contributed by atoms with Crippen molar-refractivity contribution in [3.05, 3.63) is 28.8 Å². The highest BCUT2D eigenvalue weighted by Crippen LogP contribution is 2.28. The van der Waals surface area contributed by atoms with Crippen molar-refractivity contribution in [1.82, 2.24) is 4.31 Å². The van der Waals surface area contributed by atoms with Crippen molar-refractivity contribution in [3.8, 4) is 0 Å². The molecule has 8 heteroatoms. The SMILES string of the molecule is O=C(O[C@H]1CCCCC1=O)c1ccc(Cl)c(S(=O)(=O)N2CCCCCC2)c1. The number of esters is 1. The first-order valence-corrected chi connectivity index (χ1v) is 11.2. The second-order valence-corrected chi connectivity index (χ2v) is 9.38. The Bertz CT molecular complexity index is 815. The minimum Gasteiger partial charge on any atom is -0.451 e. The molecule has 1 aliphatic carbocycles. The van der Waals surface area contributed by atoms with Gasteiger partial charge in [-0.05, 0) is 50.3 Å². The quantitative estimate of drug-likeness (QED) is 0.705. The van der Waals surface area contributed by atoms with E-state index in [-0.39, 0.29) is 21.3 Å². The number of benzene rings is 1. The second kappa shape index (κ2) is 8.71. The molecular weight excluding hydrogens is 390 g/mol. The zero-order chi connectivity index (χ0) is 19.4. The molecule has 148 valence electrons. The van der Waals surface area contributed by atoms with Gasteiger partial charge in [-0.15, -0.1) is 0 Å². The lowest BCUT2D eigenvalue weighted by atomic mass is 9.96. The highest BCUT2D eigenvalue weighted by atomic mass is 35.5. The molecule has 6 nitrogen and oxygen atoms in total. The van der Waals surface area contributed by atoms with Gasteiger partial charge in [0, 0.05) is 19.5 Å². The zero-order valence-electron chi connectivity index (χ0n) is 15.2. The van der Waals surface area contributed by atoms with Crippen molar-refractivity contribution in [2.45, 2.75) is 62.4 Å². The van der Waals surface area contributed by atoms with Gasteiger partial charge in [-0.25, -0.2) is 13.2 Å². The highest BCUT2D eigenvalue weighted by Gasteiger charge is 2.30. The van der Waals surface area contributed by atoms with E-state index in [1.54, 1.807) is 0 Å². The number of hydrogen-bond donors (Lipinski definition) is 0. The van der Waals surface area contributed by atoms with E-state index >= 15 is 0 Å². The van der Waals surface area contributed by atoms with Crippen LogP contribution < -0.4 is 0 Å². The Hall–Kier alpha value is -1.44. The van der Waals surface area contributed by atoms with Gasteiger partial charge >= 0.3 is 5.97 Å². The average Bonchev–Trinajstić information content (AvgIpc) is 2.94.